The molecule has 0 aromatic rings. The van der Waals surface area contributed by atoms with Gasteiger partial charge >= 0.3 is 0 Å². The normalized spacial score (nSPS) is 28.7. The van der Waals surface area contributed by atoms with Gasteiger partial charge in [0.2, 0.25) is 0 Å². The van der Waals surface area contributed by atoms with Crippen molar-refractivity contribution >= 4 is 0 Å². The Morgan fingerprint density at radius 3 is 2.47 bits per heavy atom. The first-order valence-corrected chi connectivity index (χ1v) is 8.63. The topological polar surface area (TPSA) is 15.3 Å². The molecule has 2 nitrogen and oxygen atoms in total. The summed E-state index contributed by atoms with van der Waals surface area (Å²) in [5.41, 5.74) is 0.643. The highest BCUT2D eigenvalue weighted by Crippen LogP contribution is 2.40. The van der Waals surface area contributed by atoms with Crippen LogP contribution in [0.3, 0.4) is 0 Å². The molecule has 2 aliphatic rings. The first-order chi connectivity index (χ1) is 9.15. The van der Waals surface area contributed by atoms with E-state index in [9.17, 15) is 0 Å². The number of hydrogen-bond donors (Lipinski definition) is 1. The van der Waals surface area contributed by atoms with Crippen molar-refractivity contribution in [2.24, 2.45) is 5.41 Å². The molecule has 0 amide bonds. The summed E-state index contributed by atoms with van der Waals surface area (Å²) in [5.74, 6) is 0. The zero-order chi connectivity index (χ0) is 13.7. The molecule has 1 heterocycles. The van der Waals surface area contributed by atoms with E-state index in [1.54, 1.807) is 0 Å². The van der Waals surface area contributed by atoms with Crippen molar-refractivity contribution in [3.05, 3.63) is 0 Å². The van der Waals surface area contributed by atoms with E-state index in [-0.39, 0.29) is 0 Å². The van der Waals surface area contributed by atoms with E-state index < -0.39 is 0 Å². The van der Waals surface area contributed by atoms with Crippen molar-refractivity contribution in [3.63, 3.8) is 0 Å². The molecule has 1 N–H and O–H groups in total. The Bertz CT molecular complexity index is 256. The van der Waals surface area contributed by atoms with E-state index in [1.807, 2.05) is 0 Å². The van der Waals surface area contributed by atoms with Gasteiger partial charge in [-0.05, 0) is 70.9 Å². The highest BCUT2D eigenvalue weighted by molar-refractivity contribution is 4.87. The number of rotatable bonds is 5. The fourth-order valence-corrected chi connectivity index (χ4v) is 3.98. The van der Waals surface area contributed by atoms with Crippen LogP contribution >= 0.6 is 0 Å². The van der Waals surface area contributed by atoms with Crippen LogP contribution in [-0.2, 0) is 0 Å². The molecule has 2 rings (SSSR count). The van der Waals surface area contributed by atoms with Gasteiger partial charge in [-0.2, -0.15) is 0 Å². The Hall–Kier alpha value is -0.0800. The lowest BCUT2D eigenvalue weighted by Gasteiger charge is -2.30. The summed E-state index contributed by atoms with van der Waals surface area (Å²) in [6.07, 6.45) is 11.3. The molecule has 112 valence electrons. The van der Waals surface area contributed by atoms with Crippen LogP contribution in [-0.4, -0.2) is 36.6 Å². The number of likely N-dealkylation sites (tertiary alicyclic amines) is 1. The van der Waals surface area contributed by atoms with Crippen LogP contribution in [0.1, 0.15) is 72.1 Å². The van der Waals surface area contributed by atoms with E-state index in [2.05, 4.69) is 31.0 Å². The summed E-state index contributed by atoms with van der Waals surface area (Å²) < 4.78 is 0. The van der Waals surface area contributed by atoms with Gasteiger partial charge in [0.1, 0.15) is 0 Å². The second-order valence-electron chi connectivity index (χ2n) is 7.20. The molecule has 2 fully saturated rings. The summed E-state index contributed by atoms with van der Waals surface area (Å²) in [6, 6.07) is 1.49. The molecule has 0 spiro atoms. The van der Waals surface area contributed by atoms with Crippen LogP contribution in [0.25, 0.3) is 0 Å². The van der Waals surface area contributed by atoms with Crippen molar-refractivity contribution < 1.29 is 0 Å². The van der Waals surface area contributed by atoms with Gasteiger partial charge in [-0.15, -0.1) is 0 Å². The Kier molecular flexibility index (Phi) is 5.70. The monoisotopic (exact) mass is 266 g/mol. The Morgan fingerprint density at radius 2 is 1.84 bits per heavy atom. The summed E-state index contributed by atoms with van der Waals surface area (Å²) in [5, 5.41) is 3.93. The van der Waals surface area contributed by atoms with Gasteiger partial charge in [-0.3, -0.25) is 0 Å². The summed E-state index contributed by atoms with van der Waals surface area (Å²) >= 11 is 0. The van der Waals surface area contributed by atoms with Gasteiger partial charge in [0.25, 0.3) is 0 Å². The molecule has 2 heteroatoms. The van der Waals surface area contributed by atoms with Gasteiger partial charge in [-0.25, -0.2) is 0 Å². The summed E-state index contributed by atoms with van der Waals surface area (Å²) in [7, 11) is 0. The predicted molar refractivity (Wildman–Crippen MR) is 83.5 cm³/mol. The molecule has 1 saturated carbocycles. The first-order valence-electron chi connectivity index (χ1n) is 8.63. The lowest BCUT2D eigenvalue weighted by Crippen LogP contribution is -2.39. The van der Waals surface area contributed by atoms with Crippen molar-refractivity contribution in [3.8, 4) is 0 Å². The molecular weight excluding hydrogens is 232 g/mol. The van der Waals surface area contributed by atoms with Gasteiger partial charge in [0, 0.05) is 18.6 Å². The SMILES string of the molecule is CCC1(CNC2CCCN(C(C)C)CC2)CCCC1. The van der Waals surface area contributed by atoms with E-state index in [0.717, 1.165) is 12.1 Å². The van der Waals surface area contributed by atoms with E-state index in [0.29, 0.717) is 5.41 Å². The Labute approximate surface area is 120 Å². The number of hydrogen-bond acceptors (Lipinski definition) is 2. The maximum atomic E-state index is 3.93. The van der Waals surface area contributed by atoms with E-state index in [1.165, 1.54) is 71.0 Å². The maximum Gasteiger partial charge on any atom is 0.00799 e. The lowest BCUT2D eigenvalue weighted by atomic mass is 9.83. The van der Waals surface area contributed by atoms with Crippen molar-refractivity contribution in [1.29, 1.82) is 0 Å². The third-order valence-electron chi connectivity index (χ3n) is 5.67. The van der Waals surface area contributed by atoms with E-state index in [4.69, 9.17) is 0 Å². The van der Waals surface area contributed by atoms with Crippen molar-refractivity contribution in [2.75, 3.05) is 19.6 Å². The molecule has 1 aliphatic carbocycles. The summed E-state index contributed by atoms with van der Waals surface area (Å²) in [4.78, 5) is 2.65. The zero-order valence-electron chi connectivity index (χ0n) is 13.4. The second kappa shape index (κ2) is 7.08. The molecule has 1 saturated heterocycles. The third-order valence-corrected chi connectivity index (χ3v) is 5.67. The van der Waals surface area contributed by atoms with E-state index >= 15 is 0 Å². The number of nitrogens with zero attached hydrogens (tertiary/aromatic N) is 1. The standard InChI is InChI=1S/C17H34N2/c1-4-17(10-5-6-11-17)14-18-16-8-7-12-19(13-9-16)15(2)3/h15-16,18H,4-14H2,1-3H3. The largest absolute Gasteiger partial charge is 0.313 e. The zero-order valence-corrected chi connectivity index (χ0v) is 13.4. The average Bonchev–Trinajstić information content (AvgIpc) is 2.74. The van der Waals surface area contributed by atoms with Crippen LogP contribution < -0.4 is 5.32 Å². The molecule has 0 aromatic carbocycles. The Balaban J connectivity index is 1.77. The fourth-order valence-electron chi connectivity index (χ4n) is 3.98. The quantitative estimate of drug-likeness (QED) is 0.814. The van der Waals surface area contributed by atoms with Crippen LogP contribution in [0.4, 0.5) is 0 Å². The highest BCUT2D eigenvalue weighted by atomic mass is 15.1. The summed E-state index contributed by atoms with van der Waals surface area (Å²) in [6.45, 7) is 10.9. The fraction of sp³-hybridized carbons (Fsp3) is 1.00. The van der Waals surface area contributed by atoms with Crippen LogP contribution in [0.2, 0.25) is 0 Å². The van der Waals surface area contributed by atoms with Gasteiger partial charge in [0.05, 0.1) is 0 Å². The second-order valence-corrected chi connectivity index (χ2v) is 7.20. The van der Waals surface area contributed by atoms with Crippen LogP contribution in [0.5, 0.6) is 0 Å². The van der Waals surface area contributed by atoms with Crippen LogP contribution in [0, 0.1) is 5.41 Å². The molecule has 1 aliphatic heterocycles. The molecule has 0 radical (unpaired) electrons. The first kappa shape index (κ1) is 15.3. The molecule has 0 aromatic heterocycles. The Morgan fingerprint density at radius 1 is 1.11 bits per heavy atom. The number of nitrogens with one attached hydrogen (secondary N) is 1. The minimum atomic E-state index is 0.643. The lowest BCUT2D eigenvalue weighted by molar-refractivity contribution is 0.224. The minimum absolute atomic E-state index is 0.643. The molecule has 0 bridgehead atoms. The average molecular weight is 266 g/mol. The smallest absolute Gasteiger partial charge is 0.00799 e. The van der Waals surface area contributed by atoms with Crippen molar-refractivity contribution in [2.45, 2.75) is 84.2 Å². The van der Waals surface area contributed by atoms with Crippen LogP contribution in [0.15, 0.2) is 0 Å². The minimum Gasteiger partial charge on any atom is -0.313 e. The maximum absolute atomic E-state index is 3.93. The third kappa shape index (κ3) is 4.19. The highest BCUT2D eigenvalue weighted by Gasteiger charge is 2.32. The van der Waals surface area contributed by atoms with Gasteiger partial charge in [-0.1, -0.05) is 19.8 Å². The molecule has 1 unspecified atom stereocenters. The molecule has 1 atom stereocenters. The van der Waals surface area contributed by atoms with Crippen molar-refractivity contribution in [1.82, 2.24) is 10.2 Å². The molecular formula is C17H34N2. The molecule has 19 heavy (non-hydrogen) atoms. The predicted octanol–water partition coefficient (Wildman–Crippen LogP) is 3.81. The van der Waals surface area contributed by atoms with Gasteiger partial charge < -0.3 is 10.2 Å². The van der Waals surface area contributed by atoms with Gasteiger partial charge in [0.15, 0.2) is 0 Å².